The molecule has 0 saturated carbocycles. The molecule has 0 radical (unpaired) electrons. The highest BCUT2D eigenvalue weighted by atomic mass is 35.5. The molecule has 0 amide bonds. The van der Waals surface area contributed by atoms with Crippen molar-refractivity contribution in [2.24, 2.45) is 0 Å². The van der Waals surface area contributed by atoms with E-state index in [0.717, 1.165) is 42.0 Å². The van der Waals surface area contributed by atoms with Gasteiger partial charge in [-0.25, -0.2) is 4.98 Å². The van der Waals surface area contributed by atoms with Gasteiger partial charge >= 0.3 is 0 Å². The van der Waals surface area contributed by atoms with Crippen LogP contribution < -0.4 is 0 Å². The van der Waals surface area contributed by atoms with Gasteiger partial charge in [0, 0.05) is 12.3 Å². The molecule has 0 unspecified atom stereocenters. The number of hydrogen-bond acceptors (Lipinski definition) is 1. The Labute approximate surface area is 114 Å². The maximum absolute atomic E-state index is 5.69. The predicted octanol–water partition coefficient (Wildman–Crippen LogP) is 4.42. The quantitative estimate of drug-likeness (QED) is 0.643. The maximum atomic E-state index is 5.69. The fraction of sp³-hybridized carbons (Fsp3) is 0.533. The summed E-state index contributed by atoms with van der Waals surface area (Å²) in [5.74, 6) is 1.80. The number of nitrogens with zero attached hydrogens (tertiary/aromatic N) is 1. The van der Waals surface area contributed by atoms with Gasteiger partial charge in [-0.3, -0.25) is 0 Å². The lowest BCUT2D eigenvalue weighted by Gasteiger charge is -2.18. The van der Waals surface area contributed by atoms with Crippen molar-refractivity contribution in [3.63, 3.8) is 0 Å². The average Bonchev–Trinajstić information content (AvgIpc) is 2.69. The normalized spacial score (nSPS) is 12.2. The molecule has 98 valence electrons. The third-order valence-corrected chi connectivity index (χ3v) is 3.46. The van der Waals surface area contributed by atoms with Crippen molar-refractivity contribution in [2.45, 2.75) is 45.4 Å². The van der Waals surface area contributed by atoms with Crippen LogP contribution in [0.25, 0.3) is 11.0 Å². The van der Waals surface area contributed by atoms with Crippen LogP contribution in [-0.4, -0.2) is 15.8 Å². The van der Waals surface area contributed by atoms with Gasteiger partial charge < -0.3 is 4.98 Å². The van der Waals surface area contributed by atoms with Crippen LogP contribution in [0.3, 0.4) is 0 Å². The summed E-state index contributed by atoms with van der Waals surface area (Å²) in [7, 11) is 0. The van der Waals surface area contributed by atoms with Crippen LogP contribution in [-0.2, 0) is 11.8 Å². The summed E-state index contributed by atoms with van der Waals surface area (Å²) in [6, 6.07) is 6.51. The topological polar surface area (TPSA) is 28.7 Å². The van der Waals surface area contributed by atoms with Crippen LogP contribution in [0.1, 0.15) is 45.0 Å². The maximum Gasteiger partial charge on any atom is 0.107 e. The number of nitrogens with one attached hydrogen (secondary N) is 1. The fourth-order valence-electron chi connectivity index (χ4n) is 2.03. The minimum atomic E-state index is 0.173. The third kappa shape index (κ3) is 3.05. The Balaban J connectivity index is 2.23. The number of aromatic nitrogens is 2. The number of alkyl halides is 1. The summed E-state index contributed by atoms with van der Waals surface area (Å²) >= 11 is 5.69. The van der Waals surface area contributed by atoms with Crippen LogP contribution in [0.2, 0.25) is 0 Å². The van der Waals surface area contributed by atoms with E-state index < -0.39 is 0 Å². The number of aromatic amines is 1. The van der Waals surface area contributed by atoms with E-state index in [0.29, 0.717) is 0 Å². The molecule has 2 nitrogen and oxygen atoms in total. The molecule has 0 aliphatic carbocycles. The average molecular weight is 265 g/mol. The monoisotopic (exact) mass is 264 g/mol. The number of aryl methyl sites for hydroxylation is 1. The fourth-order valence-corrected chi connectivity index (χ4v) is 2.22. The Morgan fingerprint density at radius 2 is 2.00 bits per heavy atom. The summed E-state index contributed by atoms with van der Waals surface area (Å²) in [6.45, 7) is 6.67. The zero-order valence-corrected chi connectivity index (χ0v) is 12.1. The lowest BCUT2D eigenvalue weighted by atomic mass is 9.87. The lowest BCUT2D eigenvalue weighted by Crippen LogP contribution is -2.10. The second kappa shape index (κ2) is 5.31. The highest BCUT2D eigenvalue weighted by Crippen LogP contribution is 2.25. The number of rotatable bonds is 4. The highest BCUT2D eigenvalue weighted by molar-refractivity contribution is 6.17. The van der Waals surface area contributed by atoms with E-state index in [4.69, 9.17) is 11.6 Å². The van der Waals surface area contributed by atoms with Crippen LogP contribution in [0.4, 0.5) is 0 Å². The van der Waals surface area contributed by atoms with Crippen molar-refractivity contribution in [2.75, 3.05) is 5.88 Å². The minimum Gasteiger partial charge on any atom is -0.342 e. The molecule has 0 fully saturated rings. The molecule has 0 aliphatic heterocycles. The molecule has 0 saturated heterocycles. The smallest absolute Gasteiger partial charge is 0.107 e. The zero-order valence-electron chi connectivity index (χ0n) is 11.4. The first-order valence-electron chi connectivity index (χ1n) is 6.56. The first-order chi connectivity index (χ1) is 8.50. The van der Waals surface area contributed by atoms with Gasteiger partial charge in [-0.15, -0.1) is 11.6 Å². The molecule has 0 bridgehead atoms. The Bertz CT molecular complexity index is 523. The van der Waals surface area contributed by atoms with E-state index in [1.807, 2.05) is 0 Å². The molecule has 1 aromatic heterocycles. The SMILES string of the molecule is CC(C)(C)c1ccc2[nH]c(CCCCCl)nc2c1. The molecule has 0 atom stereocenters. The van der Waals surface area contributed by atoms with Gasteiger partial charge in [-0.05, 0) is 36.0 Å². The van der Waals surface area contributed by atoms with Crippen LogP contribution >= 0.6 is 11.6 Å². The second-order valence-corrected chi connectivity index (χ2v) is 6.19. The predicted molar refractivity (Wildman–Crippen MR) is 78.5 cm³/mol. The first-order valence-corrected chi connectivity index (χ1v) is 7.09. The molecule has 1 aromatic carbocycles. The first kappa shape index (κ1) is 13.4. The molecule has 0 aliphatic rings. The van der Waals surface area contributed by atoms with Crippen molar-refractivity contribution in [3.05, 3.63) is 29.6 Å². The van der Waals surface area contributed by atoms with Gasteiger partial charge in [0.25, 0.3) is 0 Å². The number of benzene rings is 1. The van der Waals surface area contributed by atoms with Gasteiger partial charge in [0.15, 0.2) is 0 Å². The van der Waals surface area contributed by atoms with Gasteiger partial charge in [-0.1, -0.05) is 26.8 Å². The molecule has 18 heavy (non-hydrogen) atoms. The number of hydrogen-bond donors (Lipinski definition) is 1. The van der Waals surface area contributed by atoms with Crippen LogP contribution in [0, 0.1) is 0 Å². The Kier molecular flexibility index (Phi) is 3.96. The highest BCUT2D eigenvalue weighted by Gasteiger charge is 2.14. The van der Waals surface area contributed by atoms with Gasteiger partial charge in [0.1, 0.15) is 5.82 Å². The largest absolute Gasteiger partial charge is 0.342 e. The zero-order chi connectivity index (χ0) is 13.2. The Morgan fingerprint density at radius 3 is 2.67 bits per heavy atom. The number of H-pyrrole nitrogens is 1. The van der Waals surface area contributed by atoms with Crippen molar-refractivity contribution in [3.8, 4) is 0 Å². The summed E-state index contributed by atoms with van der Waals surface area (Å²) < 4.78 is 0. The number of fused-ring (bicyclic) bond motifs is 1. The second-order valence-electron chi connectivity index (χ2n) is 5.81. The Hall–Kier alpha value is -1.02. The standard InChI is InChI=1S/C15H21ClN2/c1-15(2,3)11-7-8-12-13(10-11)18-14(17-12)6-4-5-9-16/h7-8,10H,4-6,9H2,1-3H3,(H,17,18). The van der Waals surface area contributed by atoms with E-state index in [2.05, 4.69) is 48.9 Å². The molecule has 1 N–H and O–H groups in total. The van der Waals surface area contributed by atoms with Gasteiger partial charge in [0.2, 0.25) is 0 Å². The van der Waals surface area contributed by atoms with Crippen molar-refractivity contribution in [1.29, 1.82) is 0 Å². The summed E-state index contributed by atoms with van der Waals surface area (Å²) in [5.41, 5.74) is 3.70. The molecule has 2 aromatic rings. The molecular formula is C15H21ClN2. The number of imidazole rings is 1. The molecule has 2 rings (SSSR count). The summed E-state index contributed by atoms with van der Waals surface area (Å²) in [6.07, 6.45) is 3.12. The molecule has 1 heterocycles. The van der Waals surface area contributed by atoms with Crippen molar-refractivity contribution in [1.82, 2.24) is 9.97 Å². The van der Waals surface area contributed by atoms with Gasteiger partial charge in [-0.2, -0.15) is 0 Å². The Morgan fingerprint density at radius 1 is 1.22 bits per heavy atom. The molecular weight excluding hydrogens is 244 g/mol. The molecule has 0 spiro atoms. The van der Waals surface area contributed by atoms with E-state index in [-0.39, 0.29) is 5.41 Å². The van der Waals surface area contributed by atoms with E-state index in [1.54, 1.807) is 0 Å². The third-order valence-electron chi connectivity index (χ3n) is 3.20. The van der Waals surface area contributed by atoms with Crippen molar-refractivity contribution >= 4 is 22.6 Å². The number of unbranched alkanes of at least 4 members (excludes halogenated alkanes) is 1. The van der Waals surface area contributed by atoms with E-state index in [1.165, 1.54) is 5.56 Å². The van der Waals surface area contributed by atoms with E-state index in [9.17, 15) is 0 Å². The lowest BCUT2D eigenvalue weighted by molar-refractivity contribution is 0.591. The van der Waals surface area contributed by atoms with Crippen LogP contribution in [0.5, 0.6) is 0 Å². The minimum absolute atomic E-state index is 0.173. The van der Waals surface area contributed by atoms with E-state index >= 15 is 0 Å². The van der Waals surface area contributed by atoms with Crippen LogP contribution in [0.15, 0.2) is 18.2 Å². The number of halogens is 1. The summed E-state index contributed by atoms with van der Waals surface area (Å²) in [5, 5.41) is 0. The summed E-state index contributed by atoms with van der Waals surface area (Å²) in [4.78, 5) is 8.04. The molecule has 3 heteroatoms. The van der Waals surface area contributed by atoms with Gasteiger partial charge in [0.05, 0.1) is 11.0 Å². The van der Waals surface area contributed by atoms with Crippen molar-refractivity contribution < 1.29 is 0 Å².